The van der Waals surface area contributed by atoms with E-state index in [0.717, 1.165) is 21.3 Å². The van der Waals surface area contributed by atoms with Crippen LogP contribution in [-0.4, -0.2) is 48.2 Å². The number of aliphatic hydroxyl groups excluding tert-OH is 1. The Morgan fingerprint density at radius 3 is 2.48 bits per heavy atom. The van der Waals surface area contributed by atoms with Crippen LogP contribution in [0.2, 0.25) is 0 Å². The molecule has 1 atom stereocenters. The Labute approximate surface area is 246 Å². The van der Waals surface area contributed by atoms with Gasteiger partial charge in [0.05, 0.1) is 35.0 Å². The highest BCUT2D eigenvalue weighted by Crippen LogP contribution is 2.47. The number of hydrogen-bond donors (Lipinski definition) is 1. The van der Waals surface area contributed by atoms with Gasteiger partial charge in [0.15, 0.2) is 28.1 Å². The minimum Gasteiger partial charge on any atom is -0.507 e. The topological polar surface area (TPSA) is 107 Å². The molecule has 216 valence electrons. The van der Waals surface area contributed by atoms with Crippen LogP contribution in [0.3, 0.4) is 0 Å². The van der Waals surface area contributed by atoms with E-state index in [-0.39, 0.29) is 11.3 Å². The van der Waals surface area contributed by atoms with E-state index in [1.807, 2.05) is 39.8 Å². The zero-order valence-corrected chi connectivity index (χ0v) is 24.5. The van der Waals surface area contributed by atoms with E-state index in [1.165, 1.54) is 16.2 Å². The summed E-state index contributed by atoms with van der Waals surface area (Å²) in [5.41, 5.74) is 3.63. The summed E-state index contributed by atoms with van der Waals surface area (Å²) < 4.78 is 23.8. The second-order valence-electron chi connectivity index (χ2n) is 10.0. The Hall–Kier alpha value is -4.57. The van der Waals surface area contributed by atoms with Crippen LogP contribution in [0.15, 0.2) is 54.1 Å². The van der Waals surface area contributed by atoms with Gasteiger partial charge in [0.2, 0.25) is 0 Å². The Morgan fingerprint density at radius 2 is 1.71 bits per heavy atom. The second kappa shape index (κ2) is 11.0. The summed E-state index contributed by atoms with van der Waals surface area (Å²) in [7, 11) is 0. The first-order chi connectivity index (χ1) is 20.3. The van der Waals surface area contributed by atoms with E-state index in [0.29, 0.717) is 65.7 Å². The molecule has 1 unspecified atom stereocenters. The van der Waals surface area contributed by atoms with Crippen LogP contribution in [0.1, 0.15) is 42.1 Å². The van der Waals surface area contributed by atoms with E-state index in [4.69, 9.17) is 23.9 Å². The van der Waals surface area contributed by atoms with Crippen LogP contribution in [0.4, 0.5) is 5.13 Å². The van der Waals surface area contributed by atoms with E-state index < -0.39 is 17.7 Å². The molecular weight excluding hydrogens is 556 g/mol. The van der Waals surface area contributed by atoms with E-state index >= 15 is 0 Å². The van der Waals surface area contributed by atoms with Gasteiger partial charge in [0.1, 0.15) is 19.0 Å². The van der Waals surface area contributed by atoms with Crippen molar-refractivity contribution in [3.05, 3.63) is 76.4 Å². The smallest absolute Gasteiger partial charge is 0.301 e. The molecule has 3 heterocycles. The zero-order valence-electron chi connectivity index (χ0n) is 23.7. The number of Topliss-reactive ketones (excluding diaryl/α,β-unsaturated/α-hetero) is 1. The number of amides is 1. The average Bonchev–Trinajstić information content (AvgIpc) is 3.52. The number of fused-ring (bicyclic) bond motifs is 2. The Bertz CT molecular complexity index is 1760. The molecule has 6 rings (SSSR count). The van der Waals surface area contributed by atoms with Gasteiger partial charge >= 0.3 is 5.91 Å². The van der Waals surface area contributed by atoms with Gasteiger partial charge in [-0.25, -0.2) is 4.98 Å². The number of ether oxygens (including phenoxy) is 4. The molecule has 10 heteroatoms. The molecule has 0 spiro atoms. The van der Waals surface area contributed by atoms with Gasteiger partial charge in [-0.1, -0.05) is 23.5 Å². The number of ketones is 1. The maximum atomic E-state index is 13.8. The number of anilines is 1. The van der Waals surface area contributed by atoms with Crippen LogP contribution in [-0.2, 0) is 9.59 Å². The molecule has 2 aliphatic heterocycles. The van der Waals surface area contributed by atoms with Crippen molar-refractivity contribution in [2.45, 2.75) is 33.7 Å². The number of aliphatic hydroxyl groups is 1. The monoisotopic (exact) mass is 586 g/mol. The third-order valence-electron chi connectivity index (χ3n) is 7.17. The molecular formula is C32H30N2O7S. The molecule has 1 saturated heterocycles. The van der Waals surface area contributed by atoms with Crippen LogP contribution < -0.4 is 23.8 Å². The van der Waals surface area contributed by atoms with Gasteiger partial charge in [-0.2, -0.15) is 0 Å². The first-order valence-corrected chi connectivity index (χ1v) is 14.6. The number of rotatable bonds is 7. The predicted molar refractivity (Wildman–Crippen MR) is 160 cm³/mol. The van der Waals surface area contributed by atoms with E-state index in [2.05, 4.69) is 0 Å². The summed E-state index contributed by atoms with van der Waals surface area (Å²) >= 11 is 1.33. The lowest BCUT2D eigenvalue weighted by Crippen LogP contribution is -2.29. The molecule has 0 saturated carbocycles. The van der Waals surface area contributed by atoms with Gasteiger partial charge in [0.25, 0.3) is 5.78 Å². The molecule has 0 aliphatic carbocycles. The number of nitrogens with zero attached hydrogens (tertiary/aromatic N) is 2. The van der Waals surface area contributed by atoms with Crippen molar-refractivity contribution in [2.75, 3.05) is 31.3 Å². The minimum atomic E-state index is -0.977. The molecule has 0 bridgehead atoms. The molecule has 3 aromatic carbocycles. The summed E-state index contributed by atoms with van der Waals surface area (Å²) in [5, 5.41) is 12.0. The largest absolute Gasteiger partial charge is 0.507 e. The van der Waals surface area contributed by atoms with Crippen molar-refractivity contribution in [1.29, 1.82) is 0 Å². The first kappa shape index (κ1) is 27.6. The number of aromatic nitrogens is 1. The number of carbonyl (C=O) groups excluding carboxylic acids is 2. The summed E-state index contributed by atoms with van der Waals surface area (Å²) in [6, 6.07) is 13.3. The minimum absolute atomic E-state index is 0.0598. The van der Waals surface area contributed by atoms with Crippen molar-refractivity contribution in [3.63, 3.8) is 0 Å². The van der Waals surface area contributed by atoms with Crippen LogP contribution >= 0.6 is 11.3 Å². The molecule has 1 fully saturated rings. The quantitative estimate of drug-likeness (QED) is 0.157. The van der Waals surface area contributed by atoms with E-state index in [1.54, 1.807) is 36.4 Å². The highest BCUT2D eigenvalue weighted by molar-refractivity contribution is 7.22. The summed E-state index contributed by atoms with van der Waals surface area (Å²) in [6.45, 7) is 9.32. The fourth-order valence-electron chi connectivity index (χ4n) is 5.39. The molecule has 0 radical (unpaired) electrons. The molecule has 42 heavy (non-hydrogen) atoms. The second-order valence-corrected chi connectivity index (χ2v) is 11.0. The number of aryl methyl sites for hydroxylation is 2. The molecule has 1 N–H and O–H groups in total. The molecule has 1 amide bonds. The lowest BCUT2D eigenvalue weighted by atomic mass is 9.95. The third kappa shape index (κ3) is 4.71. The Morgan fingerprint density at radius 1 is 0.976 bits per heavy atom. The van der Waals surface area contributed by atoms with Crippen LogP contribution in [0.25, 0.3) is 16.0 Å². The molecule has 2 aliphatic rings. The summed E-state index contributed by atoms with van der Waals surface area (Å²) in [4.78, 5) is 33.7. The first-order valence-electron chi connectivity index (χ1n) is 13.8. The van der Waals surface area contributed by atoms with Gasteiger partial charge in [0, 0.05) is 5.56 Å². The fourth-order valence-corrected chi connectivity index (χ4v) is 6.56. The highest BCUT2D eigenvalue weighted by atomic mass is 32.1. The lowest BCUT2D eigenvalue weighted by Gasteiger charge is -2.24. The van der Waals surface area contributed by atoms with Crippen molar-refractivity contribution in [3.8, 4) is 23.0 Å². The zero-order chi connectivity index (χ0) is 29.5. The molecule has 9 nitrogen and oxygen atoms in total. The van der Waals surface area contributed by atoms with Gasteiger partial charge in [-0.05, 0) is 80.8 Å². The van der Waals surface area contributed by atoms with Crippen molar-refractivity contribution < 1.29 is 33.6 Å². The summed E-state index contributed by atoms with van der Waals surface area (Å²) in [5.74, 6) is 0.0923. The maximum Gasteiger partial charge on any atom is 0.301 e. The molecule has 1 aromatic heterocycles. The van der Waals surface area contributed by atoms with Crippen molar-refractivity contribution in [2.24, 2.45) is 0 Å². The van der Waals surface area contributed by atoms with Crippen molar-refractivity contribution in [1.82, 2.24) is 4.98 Å². The van der Waals surface area contributed by atoms with Crippen LogP contribution in [0.5, 0.6) is 23.0 Å². The fraction of sp³-hybridized carbons (Fsp3) is 0.281. The maximum absolute atomic E-state index is 13.8. The summed E-state index contributed by atoms with van der Waals surface area (Å²) in [6.07, 6.45) is 0. The predicted octanol–water partition coefficient (Wildman–Crippen LogP) is 6.11. The van der Waals surface area contributed by atoms with Gasteiger partial charge < -0.3 is 24.1 Å². The molecule has 4 aromatic rings. The Balaban J connectivity index is 1.56. The number of thiazole rings is 1. The number of carbonyl (C=O) groups is 2. The SMILES string of the molecule is CCOc1ccc(C2/C(=C(\O)c3ccc4c(c3)OCCO4)C(=O)C(=O)N2c2nc3c(C)cc(C)cc3s2)cc1OCC. The van der Waals surface area contributed by atoms with Gasteiger partial charge in [-0.3, -0.25) is 14.5 Å². The third-order valence-corrected chi connectivity index (χ3v) is 8.17. The van der Waals surface area contributed by atoms with E-state index in [9.17, 15) is 14.7 Å². The normalized spacial score (nSPS) is 17.6. The Kier molecular flexibility index (Phi) is 7.24. The lowest BCUT2D eigenvalue weighted by molar-refractivity contribution is -0.132. The van der Waals surface area contributed by atoms with Crippen molar-refractivity contribution >= 4 is 44.1 Å². The average molecular weight is 587 g/mol. The number of hydrogen-bond acceptors (Lipinski definition) is 9. The number of benzene rings is 3. The highest BCUT2D eigenvalue weighted by Gasteiger charge is 2.48. The standard InChI is InChI=1S/C32H30N2O7S/c1-5-38-21-9-7-19(15-23(21)39-6-2)28-26(29(35)20-8-10-22-24(16-20)41-12-11-40-22)30(36)31(37)34(28)32-33-27-18(4)13-17(3)14-25(27)42-32/h7-10,13-16,28,35H,5-6,11-12H2,1-4H3/b29-26+. The van der Waals surface area contributed by atoms with Crippen LogP contribution in [0, 0.1) is 13.8 Å². The van der Waals surface area contributed by atoms with Gasteiger partial charge in [-0.15, -0.1) is 0 Å².